The molecule has 1 atom stereocenters. The number of amides is 1. The first-order valence-corrected chi connectivity index (χ1v) is 7.49. The second-order valence-electron chi connectivity index (χ2n) is 6.18. The number of hydrogen-bond acceptors (Lipinski definition) is 4. The molecule has 0 aliphatic carbocycles. The van der Waals surface area contributed by atoms with Crippen LogP contribution in [0.5, 0.6) is 0 Å². The molecule has 134 valence electrons. The lowest BCUT2D eigenvalue weighted by atomic mass is 9.90. The van der Waals surface area contributed by atoms with Crippen molar-refractivity contribution >= 4 is 23.7 Å². The SMILES string of the molecule is COC(=O)C(Cc1ccccc1)(NC(=O)OC(C)(C)C)C(F)(F)Cl. The van der Waals surface area contributed by atoms with Gasteiger partial charge in [-0.25, -0.2) is 9.59 Å². The van der Waals surface area contributed by atoms with Crippen molar-refractivity contribution in [1.29, 1.82) is 0 Å². The molecule has 1 aromatic rings. The van der Waals surface area contributed by atoms with E-state index in [9.17, 15) is 18.4 Å². The number of esters is 1. The standard InChI is InChI=1S/C16H20ClF2NO4/c1-14(2,3)24-13(22)20-15(12(21)23-4,16(17,18)19)10-11-8-6-5-7-9-11/h5-9H,10H2,1-4H3,(H,20,22). The van der Waals surface area contributed by atoms with Crippen LogP contribution in [0.1, 0.15) is 26.3 Å². The number of alkyl carbamates (subject to hydrolysis) is 1. The molecule has 0 aliphatic heterocycles. The lowest BCUT2D eigenvalue weighted by Gasteiger charge is -2.35. The van der Waals surface area contributed by atoms with Crippen molar-refractivity contribution in [3.63, 3.8) is 0 Å². The van der Waals surface area contributed by atoms with Crippen LogP contribution in [-0.2, 0) is 20.7 Å². The molecular weight excluding hydrogens is 344 g/mol. The van der Waals surface area contributed by atoms with E-state index in [1.165, 1.54) is 12.1 Å². The van der Waals surface area contributed by atoms with Crippen LogP contribution in [0.4, 0.5) is 13.6 Å². The maximum atomic E-state index is 14.2. The molecular formula is C16H20ClF2NO4. The zero-order valence-electron chi connectivity index (χ0n) is 13.9. The van der Waals surface area contributed by atoms with Crippen LogP contribution in [0.2, 0.25) is 0 Å². The van der Waals surface area contributed by atoms with Gasteiger partial charge in [-0.15, -0.1) is 0 Å². The fourth-order valence-corrected chi connectivity index (χ4v) is 2.20. The quantitative estimate of drug-likeness (QED) is 0.642. The Bertz CT molecular complexity index is 584. The van der Waals surface area contributed by atoms with E-state index in [0.29, 0.717) is 5.56 Å². The van der Waals surface area contributed by atoms with Crippen LogP contribution in [0.15, 0.2) is 30.3 Å². The number of rotatable bonds is 5. The smallest absolute Gasteiger partial charge is 0.408 e. The number of hydrogen-bond donors (Lipinski definition) is 1. The lowest BCUT2D eigenvalue weighted by molar-refractivity contribution is -0.159. The minimum Gasteiger partial charge on any atom is -0.467 e. The number of ether oxygens (including phenoxy) is 2. The zero-order valence-corrected chi connectivity index (χ0v) is 14.6. The highest BCUT2D eigenvalue weighted by molar-refractivity contribution is 6.24. The average Bonchev–Trinajstić information content (AvgIpc) is 2.43. The number of alkyl halides is 3. The molecule has 5 nitrogen and oxygen atoms in total. The van der Waals surface area contributed by atoms with E-state index in [2.05, 4.69) is 4.74 Å². The molecule has 0 saturated carbocycles. The minimum absolute atomic E-state index is 0.360. The van der Waals surface area contributed by atoms with Gasteiger partial charge in [0.15, 0.2) is 0 Å². The van der Waals surface area contributed by atoms with Gasteiger partial charge in [-0.2, -0.15) is 8.78 Å². The van der Waals surface area contributed by atoms with Crippen molar-refractivity contribution in [1.82, 2.24) is 5.32 Å². The third-order valence-electron chi connectivity index (χ3n) is 3.04. The summed E-state index contributed by atoms with van der Waals surface area (Å²) in [5, 5.41) is -2.21. The summed E-state index contributed by atoms with van der Waals surface area (Å²) in [5.41, 5.74) is -3.40. The predicted octanol–water partition coefficient (Wildman–Crippen LogP) is 3.50. The van der Waals surface area contributed by atoms with E-state index in [-0.39, 0.29) is 0 Å². The van der Waals surface area contributed by atoms with Crippen molar-refractivity contribution in [2.75, 3.05) is 7.11 Å². The topological polar surface area (TPSA) is 64.6 Å². The van der Waals surface area contributed by atoms with Crippen molar-refractivity contribution in [3.8, 4) is 0 Å². The first-order valence-electron chi connectivity index (χ1n) is 7.11. The number of carbonyl (C=O) groups is 2. The van der Waals surface area contributed by atoms with Gasteiger partial charge in [0, 0.05) is 6.42 Å². The number of methoxy groups -OCH3 is 1. The monoisotopic (exact) mass is 363 g/mol. The molecule has 1 aromatic carbocycles. The maximum absolute atomic E-state index is 14.2. The van der Waals surface area contributed by atoms with Crippen LogP contribution >= 0.6 is 11.6 Å². The number of carbonyl (C=O) groups excluding carboxylic acids is 2. The Hall–Kier alpha value is -1.89. The normalized spacial score (nSPS) is 14.5. The van der Waals surface area contributed by atoms with Gasteiger partial charge in [0.2, 0.25) is 5.54 Å². The van der Waals surface area contributed by atoms with Gasteiger partial charge < -0.3 is 9.47 Å². The Morgan fingerprint density at radius 3 is 2.12 bits per heavy atom. The Balaban J connectivity index is 3.27. The number of benzene rings is 1. The molecule has 0 saturated heterocycles. The molecule has 8 heteroatoms. The summed E-state index contributed by atoms with van der Waals surface area (Å²) in [6.07, 6.45) is -1.78. The number of halogens is 3. The molecule has 0 bridgehead atoms. The van der Waals surface area contributed by atoms with E-state index in [1.807, 2.05) is 5.32 Å². The molecule has 1 unspecified atom stereocenters. The second kappa shape index (κ2) is 7.34. The Labute approximate surface area is 144 Å². The van der Waals surface area contributed by atoms with Crippen LogP contribution in [0, 0.1) is 0 Å². The van der Waals surface area contributed by atoms with Crippen LogP contribution < -0.4 is 5.32 Å². The van der Waals surface area contributed by atoms with Crippen LogP contribution in [0.25, 0.3) is 0 Å². The maximum Gasteiger partial charge on any atom is 0.408 e. The van der Waals surface area contributed by atoms with E-state index in [1.54, 1.807) is 39.0 Å². The largest absolute Gasteiger partial charge is 0.467 e. The van der Waals surface area contributed by atoms with Gasteiger partial charge in [0.05, 0.1) is 7.11 Å². The molecule has 0 aromatic heterocycles. The van der Waals surface area contributed by atoms with Crippen molar-refractivity contribution in [3.05, 3.63) is 35.9 Å². The first-order chi connectivity index (χ1) is 10.9. The highest BCUT2D eigenvalue weighted by Gasteiger charge is 2.61. The molecule has 1 rings (SSSR count). The van der Waals surface area contributed by atoms with Crippen LogP contribution in [0.3, 0.4) is 0 Å². The predicted molar refractivity (Wildman–Crippen MR) is 85.1 cm³/mol. The molecule has 24 heavy (non-hydrogen) atoms. The average molecular weight is 364 g/mol. The van der Waals surface area contributed by atoms with Gasteiger partial charge in [-0.05, 0) is 37.9 Å². The molecule has 0 aliphatic rings. The summed E-state index contributed by atoms with van der Waals surface area (Å²) in [4.78, 5) is 24.1. The Morgan fingerprint density at radius 1 is 1.17 bits per heavy atom. The van der Waals surface area contributed by atoms with Crippen molar-refractivity contribution in [2.24, 2.45) is 0 Å². The fourth-order valence-electron chi connectivity index (χ4n) is 2.01. The molecule has 0 fully saturated rings. The minimum atomic E-state index is -4.12. The van der Waals surface area contributed by atoms with Gasteiger partial charge in [0.25, 0.3) is 0 Å². The summed E-state index contributed by atoms with van der Waals surface area (Å²) >= 11 is 5.19. The van der Waals surface area contributed by atoms with E-state index in [0.717, 1.165) is 7.11 Å². The highest BCUT2D eigenvalue weighted by Crippen LogP contribution is 2.37. The molecule has 1 N–H and O–H groups in total. The van der Waals surface area contributed by atoms with Crippen molar-refractivity contribution in [2.45, 2.75) is 43.7 Å². The summed E-state index contributed by atoms with van der Waals surface area (Å²) < 4.78 is 37.7. The molecule has 0 heterocycles. The van der Waals surface area contributed by atoms with Gasteiger partial charge in [0.1, 0.15) is 5.60 Å². The zero-order chi connectivity index (χ0) is 18.6. The van der Waals surface area contributed by atoms with Crippen molar-refractivity contribution < 1.29 is 27.8 Å². The van der Waals surface area contributed by atoms with Gasteiger partial charge >= 0.3 is 17.4 Å². The van der Waals surface area contributed by atoms with Gasteiger partial charge in [-0.3, -0.25) is 5.32 Å². The van der Waals surface area contributed by atoms with Crippen LogP contribution in [-0.4, -0.2) is 35.7 Å². The third kappa shape index (κ3) is 5.06. The second-order valence-corrected chi connectivity index (χ2v) is 6.66. The third-order valence-corrected chi connectivity index (χ3v) is 3.37. The Kier molecular flexibility index (Phi) is 6.16. The van der Waals surface area contributed by atoms with E-state index < -0.39 is 35.0 Å². The summed E-state index contributed by atoms with van der Waals surface area (Å²) in [5.74, 6) is -1.38. The molecule has 0 radical (unpaired) electrons. The number of nitrogens with one attached hydrogen (secondary N) is 1. The summed E-state index contributed by atoms with van der Waals surface area (Å²) in [6.45, 7) is 4.67. The first kappa shape index (κ1) is 20.2. The summed E-state index contributed by atoms with van der Waals surface area (Å²) in [6, 6.07) is 7.95. The Morgan fingerprint density at radius 2 is 1.71 bits per heavy atom. The molecule has 0 spiro atoms. The highest BCUT2D eigenvalue weighted by atomic mass is 35.5. The van der Waals surface area contributed by atoms with Gasteiger partial charge in [-0.1, -0.05) is 30.3 Å². The molecule has 1 amide bonds. The van der Waals surface area contributed by atoms with E-state index >= 15 is 0 Å². The lowest BCUT2D eigenvalue weighted by Crippen LogP contribution is -2.65. The van der Waals surface area contributed by atoms with E-state index in [4.69, 9.17) is 16.3 Å². The summed E-state index contributed by atoms with van der Waals surface area (Å²) in [7, 11) is 0.932. The fraction of sp³-hybridized carbons (Fsp3) is 0.500.